The molecule has 5 unspecified atom stereocenters. The Hall–Kier alpha value is -2.04. The number of aliphatic hydroxyl groups is 1. The lowest BCUT2D eigenvalue weighted by Crippen LogP contribution is -2.35. The van der Waals surface area contributed by atoms with Crippen molar-refractivity contribution in [2.24, 2.45) is 29.6 Å². The molecule has 0 aliphatic heterocycles. The molecule has 0 saturated heterocycles. The molecule has 1 aromatic carbocycles. The lowest BCUT2D eigenvalue weighted by molar-refractivity contribution is 0.0566. The molecule has 0 radical (unpaired) electrons. The van der Waals surface area contributed by atoms with Gasteiger partial charge in [-0.05, 0) is 155 Å². The van der Waals surface area contributed by atoms with Crippen LogP contribution in [0.25, 0.3) is 17.4 Å². The Morgan fingerprint density at radius 3 is 2.22 bits per heavy atom. The molecule has 5 atom stereocenters. The first-order valence-electron chi connectivity index (χ1n) is 15.7. The van der Waals surface area contributed by atoms with E-state index >= 15 is 0 Å². The first kappa shape index (κ1) is 35.2. The van der Waals surface area contributed by atoms with Gasteiger partial charge in [-0.3, -0.25) is 0 Å². The van der Waals surface area contributed by atoms with Crippen LogP contribution in [0.15, 0.2) is 52.5 Å². The van der Waals surface area contributed by atoms with Gasteiger partial charge in [0, 0.05) is 12.2 Å². The van der Waals surface area contributed by atoms with Gasteiger partial charge in [0.2, 0.25) is 0 Å². The van der Waals surface area contributed by atoms with Crippen LogP contribution in [0.5, 0.6) is 0 Å². The summed E-state index contributed by atoms with van der Waals surface area (Å²) in [7, 11) is 0. The average molecular weight is 583 g/mol. The molecule has 41 heavy (non-hydrogen) atoms. The highest BCUT2D eigenvalue weighted by Gasteiger charge is 2.37. The van der Waals surface area contributed by atoms with Gasteiger partial charge in [-0.25, -0.2) is 4.39 Å². The van der Waals surface area contributed by atoms with E-state index in [0.29, 0.717) is 0 Å². The fourth-order valence-corrected chi connectivity index (χ4v) is 6.25. The second-order valence-electron chi connectivity index (χ2n) is 12.9. The van der Waals surface area contributed by atoms with Gasteiger partial charge in [0.15, 0.2) is 0 Å². The Morgan fingerprint density at radius 1 is 0.976 bits per heavy atom. The fraction of sp³-hybridized carbons (Fsp3) is 0.595. The Labute approximate surface area is 255 Å². The van der Waals surface area contributed by atoms with Crippen molar-refractivity contribution in [1.82, 2.24) is 0 Å². The third kappa shape index (κ3) is 12.4. The van der Waals surface area contributed by atoms with Gasteiger partial charge in [-0.1, -0.05) is 58.0 Å². The van der Waals surface area contributed by atoms with Crippen molar-refractivity contribution in [1.29, 1.82) is 0 Å². The molecule has 2 saturated carbocycles. The molecule has 1 aromatic heterocycles. The van der Waals surface area contributed by atoms with E-state index in [1.807, 2.05) is 33.8 Å². The second-order valence-corrected chi connectivity index (χ2v) is 13.7. The Morgan fingerprint density at radius 2 is 1.61 bits per heavy atom. The molecule has 0 spiro atoms. The molecule has 228 valence electrons. The fourth-order valence-electron chi connectivity index (χ4n) is 6.25. The Kier molecular flexibility index (Phi) is 15.3. The summed E-state index contributed by atoms with van der Waals surface area (Å²) >= 11 is 4.54. The summed E-state index contributed by atoms with van der Waals surface area (Å²) in [6.07, 6.45) is 13.1. The maximum atomic E-state index is 13.1. The SMILES string of the molecule is C=C(C)/C(C)=C/c1oc(-c2ccc(F)cc2)cc1CCCCCCO.CC(C)=S.CC1CC2CC(C)C(C)C(C1)C2. The number of aliphatic hydroxyl groups excluding tert-OH is 1. The number of furan rings is 1. The Bertz CT molecular complexity index is 1100. The standard InChI is InChI=1S/C22H27FO2.C12H22.C3H6S/c1-16(2)17(3)14-21-19(8-6-4-5-7-13-24)15-22(25-21)18-9-11-20(23)12-10-18;1-8-4-11-6-9(2)10(3)12(5-8)7-11;1-3(2)4/h9-12,14-15,24H,1,4-8,13H2,2-3H3;8-12H,4-7H2,1-3H3;1-2H3/b17-14+;;. The quantitative estimate of drug-likeness (QED) is 0.181. The number of aryl methyl sites for hydroxylation is 1. The van der Waals surface area contributed by atoms with Gasteiger partial charge in [-0.2, -0.15) is 0 Å². The first-order valence-corrected chi connectivity index (χ1v) is 16.1. The number of unbranched alkanes of at least 4 members (excludes halogenated alkanes) is 3. The lowest BCUT2D eigenvalue weighted by atomic mass is 9.61. The molecule has 2 nitrogen and oxygen atoms in total. The minimum Gasteiger partial charge on any atom is -0.456 e. The predicted molar refractivity (Wildman–Crippen MR) is 179 cm³/mol. The van der Waals surface area contributed by atoms with Crippen molar-refractivity contribution in [3.05, 3.63) is 65.2 Å². The predicted octanol–water partition coefficient (Wildman–Crippen LogP) is 11.3. The van der Waals surface area contributed by atoms with Crippen LogP contribution in [-0.2, 0) is 6.42 Å². The van der Waals surface area contributed by atoms with Gasteiger partial charge >= 0.3 is 0 Å². The van der Waals surface area contributed by atoms with Crippen LogP contribution in [0.4, 0.5) is 4.39 Å². The molecular weight excluding hydrogens is 527 g/mol. The van der Waals surface area contributed by atoms with E-state index in [1.54, 1.807) is 18.6 Å². The largest absolute Gasteiger partial charge is 0.456 e. The summed E-state index contributed by atoms with van der Waals surface area (Å²) in [5.41, 5.74) is 4.12. The summed E-state index contributed by atoms with van der Waals surface area (Å²) in [5, 5.41) is 8.87. The lowest BCUT2D eigenvalue weighted by Gasteiger charge is -2.45. The van der Waals surface area contributed by atoms with Crippen molar-refractivity contribution in [3.8, 4) is 11.3 Å². The van der Waals surface area contributed by atoms with E-state index < -0.39 is 0 Å². The molecule has 2 fully saturated rings. The molecule has 1 N–H and O–H groups in total. The highest BCUT2D eigenvalue weighted by Crippen LogP contribution is 2.47. The zero-order valence-electron chi connectivity index (χ0n) is 26.8. The van der Waals surface area contributed by atoms with E-state index in [2.05, 4.69) is 45.6 Å². The number of thiocarbonyl (C=S) groups is 1. The topological polar surface area (TPSA) is 33.4 Å². The maximum Gasteiger partial charge on any atom is 0.135 e. The third-order valence-corrected chi connectivity index (χ3v) is 8.77. The molecule has 2 bridgehead atoms. The summed E-state index contributed by atoms with van der Waals surface area (Å²) < 4.78 is 19.2. The van der Waals surface area contributed by atoms with Crippen molar-refractivity contribution in [3.63, 3.8) is 0 Å². The zero-order chi connectivity index (χ0) is 30.5. The number of halogens is 1. The van der Waals surface area contributed by atoms with Crippen molar-refractivity contribution >= 4 is 23.2 Å². The van der Waals surface area contributed by atoms with Gasteiger partial charge in [0.1, 0.15) is 17.3 Å². The van der Waals surface area contributed by atoms with Gasteiger partial charge in [0.25, 0.3) is 0 Å². The molecule has 2 aliphatic carbocycles. The number of hydrogen-bond donors (Lipinski definition) is 1. The summed E-state index contributed by atoms with van der Waals surface area (Å²) in [5.74, 6) is 6.53. The summed E-state index contributed by atoms with van der Waals surface area (Å²) in [6.45, 7) is 19.4. The van der Waals surface area contributed by atoms with Gasteiger partial charge < -0.3 is 9.52 Å². The summed E-state index contributed by atoms with van der Waals surface area (Å²) in [6, 6.07) is 8.41. The molecule has 1 heterocycles. The average Bonchev–Trinajstić information content (AvgIpc) is 3.29. The van der Waals surface area contributed by atoms with E-state index in [-0.39, 0.29) is 12.4 Å². The molecule has 2 aromatic rings. The number of benzene rings is 1. The van der Waals surface area contributed by atoms with Crippen molar-refractivity contribution in [2.75, 3.05) is 6.61 Å². The van der Waals surface area contributed by atoms with Gasteiger partial charge in [-0.15, -0.1) is 0 Å². The smallest absolute Gasteiger partial charge is 0.135 e. The molecule has 0 amide bonds. The zero-order valence-corrected chi connectivity index (χ0v) is 27.6. The summed E-state index contributed by atoms with van der Waals surface area (Å²) in [4.78, 5) is 1.00. The van der Waals surface area contributed by atoms with E-state index in [4.69, 9.17) is 9.52 Å². The van der Waals surface area contributed by atoms with E-state index in [1.165, 1.54) is 31.4 Å². The van der Waals surface area contributed by atoms with Crippen LogP contribution in [-0.4, -0.2) is 16.6 Å². The van der Waals surface area contributed by atoms with Crippen molar-refractivity contribution in [2.45, 2.75) is 106 Å². The number of rotatable bonds is 9. The van der Waals surface area contributed by atoms with E-state index in [0.717, 1.165) is 100 Å². The second kappa shape index (κ2) is 17.8. The Balaban J connectivity index is 0.000000302. The van der Waals surface area contributed by atoms with Crippen LogP contribution in [0.1, 0.15) is 111 Å². The van der Waals surface area contributed by atoms with E-state index in [9.17, 15) is 4.39 Å². The molecule has 4 heteroatoms. The number of hydrogen-bond acceptors (Lipinski definition) is 3. The van der Waals surface area contributed by atoms with Gasteiger partial charge in [0.05, 0.1) is 0 Å². The maximum absolute atomic E-state index is 13.1. The number of allylic oxidation sites excluding steroid dienone is 2. The highest BCUT2D eigenvalue weighted by atomic mass is 32.1. The normalized spacial score (nSPS) is 23.5. The van der Waals surface area contributed by atoms with Crippen molar-refractivity contribution < 1.29 is 13.9 Å². The third-order valence-electron chi connectivity index (χ3n) is 8.77. The van der Waals surface area contributed by atoms with Crippen LogP contribution < -0.4 is 0 Å². The van der Waals surface area contributed by atoms with Crippen LogP contribution in [0.3, 0.4) is 0 Å². The monoisotopic (exact) mass is 582 g/mol. The molecule has 2 aliphatic rings. The van der Waals surface area contributed by atoms with Crippen LogP contribution in [0.2, 0.25) is 0 Å². The number of fused-ring (bicyclic) bond motifs is 2. The highest BCUT2D eigenvalue weighted by molar-refractivity contribution is 7.80. The van der Waals surface area contributed by atoms with Crippen LogP contribution in [0, 0.1) is 35.4 Å². The molecule has 4 rings (SSSR count). The minimum atomic E-state index is -0.252. The minimum absolute atomic E-state index is 0.252. The van der Waals surface area contributed by atoms with Crippen LogP contribution >= 0.6 is 12.2 Å². The first-order chi connectivity index (χ1) is 19.4. The molecular formula is C37H55FO2S.